The third kappa shape index (κ3) is 4.67. The van der Waals surface area contributed by atoms with Crippen molar-refractivity contribution in [3.8, 4) is 0 Å². The van der Waals surface area contributed by atoms with Gasteiger partial charge in [-0.2, -0.15) is 4.98 Å². The highest BCUT2D eigenvalue weighted by molar-refractivity contribution is 7.92. The van der Waals surface area contributed by atoms with E-state index in [0.29, 0.717) is 29.5 Å². The molecule has 10 nitrogen and oxygen atoms in total. The zero-order chi connectivity index (χ0) is 22.0. The summed E-state index contributed by atoms with van der Waals surface area (Å²) in [5.74, 6) is 0.515. The first-order chi connectivity index (χ1) is 14.8. The van der Waals surface area contributed by atoms with Crippen LogP contribution in [0.15, 0.2) is 62.6 Å². The molecule has 4 rings (SSSR count). The van der Waals surface area contributed by atoms with Crippen molar-refractivity contribution in [3.63, 3.8) is 0 Å². The molecule has 0 spiro atoms. The lowest BCUT2D eigenvalue weighted by Gasteiger charge is -2.11. The number of rotatable bonds is 7. The molecule has 31 heavy (non-hydrogen) atoms. The fourth-order valence-corrected chi connectivity index (χ4v) is 4.04. The van der Waals surface area contributed by atoms with Gasteiger partial charge >= 0.3 is 5.76 Å². The molecule has 11 heteroatoms. The molecule has 0 fully saturated rings. The zero-order valence-electron chi connectivity index (χ0n) is 16.8. The summed E-state index contributed by atoms with van der Waals surface area (Å²) in [6.07, 6.45) is 0. The number of benzene rings is 2. The summed E-state index contributed by atoms with van der Waals surface area (Å²) in [6, 6.07) is 12.7. The third-order valence-electron chi connectivity index (χ3n) is 4.30. The average molecular weight is 440 g/mol. The van der Waals surface area contributed by atoms with Crippen LogP contribution in [0.4, 0.5) is 23.1 Å². The molecule has 0 unspecified atom stereocenters. The molecule has 0 aliphatic carbocycles. The van der Waals surface area contributed by atoms with Crippen LogP contribution in [0.2, 0.25) is 0 Å². The van der Waals surface area contributed by atoms with Crippen LogP contribution in [0.3, 0.4) is 0 Å². The molecule has 0 aliphatic heterocycles. The molecule has 4 aromatic rings. The van der Waals surface area contributed by atoms with Gasteiger partial charge in [-0.25, -0.2) is 18.2 Å². The maximum atomic E-state index is 12.7. The molecular formula is C20H20N6O4S. The molecular weight excluding hydrogens is 420 g/mol. The number of aromatic nitrogens is 3. The van der Waals surface area contributed by atoms with Crippen molar-refractivity contribution in [1.82, 2.24) is 15.0 Å². The number of hydrogen-bond donors (Lipinski definition) is 4. The number of aromatic amines is 1. The minimum absolute atomic E-state index is 0.00617. The van der Waals surface area contributed by atoms with Crippen LogP contribution in [0.1, 0.15) is 12.6 Å². The number of nitrogens with one attached hydrogen (secondary N) is 4. The summed E-state index contributed by atoms with van der Waals surface area (Å²) < 4.78 is 32.8. The van der Waals surface area contributed by atoms with E-state index < -0.39 is 15.8 Å². The van der Waals surface area contributed by atoms with E-state index in [4.69, 9.17) is 4.42 Å². The Hall–Kier alpha value is -3.86. The Morgan fingerprint density at radius 2 is 1.77 bits per heavy atom. The number of aryl methyl sites for hydroxylation is 1. The molecule has 0 amide bonds. The van der Waals surface area contributed by atoms with Gasteiger partial charge in [0.1, 0.15) is 5.82 Å². The quantitative estimate of drug-likeness (QED) is 0.343. The zero-order valence-corrected chi connectivity index (χ0v) is 17.6. The molecule has 0 saturated carbocycles. The van der Waals surface area contributed by atoms with Crippen molar-refractivity contribution < 1.29 is 12.8 Å². The van der Waals surface area contributed by atoms with E-state index in [1.54, 1.807) is 24.3 Å². The Morgan fingerprint density at radius 3 is 2.52 bits per heavy atom. The lowest BCUT2D eigenvalue weighted by Crippen LogP contribution is -2.12. The second kappa shape index (κ2) is 8.11. The van der Waals surface area contributed by atoms with Gasteiger partial charge in [0.05, 0.1) is 10.4 Å². The lowest BCUT2D eigenvalue weighted by molar-refractivity contribution is 0.555. The average Bonchev–Trinajstić information content (AvgIpc) is 3.08. The highest BCUT2D eigenvalue weighted by Crippen LogP contribution is 2.22. The molecule has 4 N–H and O–H groups in total. The van der Waals surface area contributed by atoms with Gasteiger partial charge in [0.2, 0.25) is 5.95 Å². The Kier molecular flexibility index (Phi) is 5.34. The number of anilines is 4. The normalized spacial score (nSPS) is 11.4. The van der Waals surface area contributed by atoms with E-state index in [1.807, 2.05) is 19.9 Å². The predicted molar refractivity (Wildman–Crippen MR) is 118 cm³/mol. The standard InChI is InChI=1S/C20H20N6O4S/c1-3-21-19-22-12(2)10-18(25-19)23-13-4-6-14(7-5-13)26-31(28,29)15-8-9-17-16(11-15)24-20(27)30-17/h4-11,26H,3H2,1-2H3,(H,24,27)(H2,21,22,23,25). The first-order valence-electron chi connectivity index (χ1n) is 9.45. The van der Waals surface area contributed by atoms with Gasteiger partial charge < -0.3 is 15.1 Å². The van der Waals surface area contributed by atoms with E-state index in [9.17, 15) is 13.2 Å². The molecule has 0 atom stereocenters. The Balaban J connectivity index is 1.50. The van der Waals surface area contributed by atoms with Crippen LogP contribution in [-0.2, 0) is 10.0 Å². The summed E-state index contributed by atoms with van der Waals surface area (Å²) >= 11 is 0. The van der Waals surface area contributed by atoms with E-state index in [1.165, 1.54) is 18.2 Å². The van der Waals surface area contributed by atoms with Crippen LogP contribution >= 0.6 is 0 Å². The van der Waals surface area contributed by atoms with Gasteiger partial charge in [-0.1, -0.05) is 0 Å². The number of nitrogens with zero attached hydrogens (tertiary/aromatic N) is 2. The first-order valence-corrected chi connectivity index (χ1v) is 10.9. The summed E-state index contributed by atoms with van der Waals surface area (Å²) in [4.78, 5) is 22.4. The van der Waals surface area contributed by atoms with Gasteiger partial charge in [0, 0.05) is 29.7 Å². The second-order valence-electron chi connectivity index (χ2n) is 6.73. The van der Waals surface area contributed by atoms with Gasteiger partial charge in [-0.15, -0.1) is 0 Å². The van der Waals surface area contributed by atoms with Crippen LogP contribution < -0.4 is 21.1 Å². The Bertz CT molecular complexity index is 1390. The first kappa shape index (κ1) is 20.4. The molecule has 0 radical (unpaired) electrons. The van der Waals surface area contributed by atoms with Crippen LogP contribution in [-0.4, -0.2) is 29.9 Å². The van der Waals surface area contributed by atoms with Crippen molar-refractivity contribution in [1.29, 1.82) is 0 Å². The summed E-state index contributed by atoms with van der Waals surface area (Å²) in [5, 5.41) is 6.25. The van der Waals surface area contributed by atoms with Gasteiger partial charge in [0.25, 0.3) is 10.0 Å². The second-order valence-corrected chi connectivity index (χ2v) is 8.41. The fraction of sp³-hybridized carbons (Fsp3) is 0.150. The van der Waals surface area contributed by atoms with Crippen molar-refractivity contribution in [2.45, 2.75) is 18.7 Å². The summed E-state index contributed by atoms with van der Waals surface area (Å²) in [5.41, 5.74) is 2.54. The Labute approximate surface area is 177 Å². The van der Waals surface area contributed by atoms with Crippen LogP contribution in [0, 0.1) is 6.92 Å². The third-order valence-corrected chi connectivity index (χ3v) is 5.68. The maximum absolute atomic E-state index is 12.7. The molecule has 2 aromatic carbocycles. The lowest BCUT2D eigenvalue weighted by atomic mass is 10.3. The smallest absolute Gasteiger partial charge is 0.408 e. The molecule has 160 valence electrons. The van der Waals surface area contributed by atoms with Crippen molar-refractivity contribution >= 4 is 44.3 Å². The van der Waals surface area contributed by atoms with E-state index in [0.717, 1.165) is 11.4 Å². The molecule has 0 aliphatic rings. The highest BCUT2D eigenvalue weighted by atomic mass is 32.2. The summed E-state index contributed by atoms with van der Waals surface area (Å²) in [7, 11) is -3.85. The highest BCUT2D eigenvalue weighted by Gasteiger charge is 2.16. The minimum atomic E-state index is -3.85. The molecule has 0 bridgehead atoms. The number of oxazole rings is 1. The minimum Gasteiger partial charge on any atom is -0.408 e. The van der Waals surface area contributed by atoms with Gasteiger partial charge in [0.15, 0.2) is 5.58 Å². The SMILES string of the molecule is CCNc1nc(C)cc(Nc2ccc(NS(=O)(=O)c3ccc4oc(=O)[nH]c4c3)cc2)n1. The maximum Gasteiger partial charge on any atom is 0.417 e. The number of hydrogen-bond acceptors (Lipinski definition) is 8. The Morgan fingerprint density at radius 1 is 1.03 bits per heavy atom. The van der Waals surface area contributed by atoms with E-state index >= 15 is 0 Å². The van der Waals surface area contributed by atoms with Crippen molar-refractivity contribution in [2.75, 3.05) is 21.9 Å². The van der Waals surface area contributed by atoms with Gasteiger partial charge in [-0.05, 0) is 56.3 Å². The molecule has 2 aromatic heterocycles. The predicted octanol–water partition coefficient (Wildman–Crippen LogP) is 3.20. The van der Waals surface area contributed by atoms with E-state index in [-0.39, 0.29) is 10.5 Å². The molecule has 0 saturated heterocycles. The number of H-pyrrole nitrogens is 1. The van der Waals surface area contributed by atoms with Crippen molar-refractivity contribution in [3.05, 3.63) is 64.8 Å². The van der Waals surface area contributed by atoms with Crippen molar-refractivity contribution in [2.24, 2.45) is 0 Å². The monoisotopic (exact) mass is 440 g/mol. The van der Waals surface area contributed by atoms with Crippen LogP contribution in [0.25, 0.3) is 11.1 Å². The number of fused-ring (bicyclic) bond motifs is 1. The summed E-state index contributed by atoms with van der Waals surface area (Å²) in [6.45, 7) is 4.55. The largest absolute Gasteiger partial charge is 0.417 e. The fourth-order valence-electron chi connectivity index (χ4n) is 2.95. The number of sulfonamides is 1. The van der Waals surface area contributed by atoms with E-state index in [2.05, 4.69) is 30.3 Å². The molecule has 2 heterocycles. The van der Waals surface area contributed by atoms with Gasteiger partial charge in [-0.3, -0.25) is 9.71 Å². The topological polar surface area (TPSA) is 142 Å². The van der Waals surface area contributed by atoms with Crippen LogP contribution in [0.5, 0.6) is 0 Å².